The summed E-state index contributed by atoms with van der Waals surface area (Å²) in [6.45, 7) is 3.92. The van der Waals surface area contributed by atoms with Crippen molar-refractivity contribution in [3.63, 3.8) is 0 Å². The predicted molar refractivity (Wildman–Crippen MR) is 80.7 cm³/mol. The highest BCUT2D eigenvalue weighted by Gasteiger charge is 2.15. The van der Waals surface area contributed by atoms with E-state index < -0.39 is 0 Å². The lowest BCUT2D eigenvalue weighted by molar-refractivity contribution is 0.864. The number of benzene rings is 1. The van der Waals surface area contributed by atoms with Gasteiger partial charge in [-0.05, 0) is 31.5 Å². The molecule has 0 amide bonds. The van der Waals surface area contributed by atoms with Crippen molar-refractivity contribution in [1.82, 2.24) is 14.8 Å². The van der Waals surface area contributed by atoms with Crippen LogP contribution >= 0.6 is 0 Å². The molecule has 3 aromatic rings. The van der Waals surface area contributed by atoms with E-state index in [1.165, 1.54) is 0 Å². The van der Waals surface area contributed by atoms with Gasteiger partial charge in [0, 0.05) is 11.3 Å². The van der Waals surface area contributed by atoms with Crippen LogP contribution in [0.25, 0.3) is 16.8 Å². The highest BCUT2D eigenvalue weighted by atomic mass is 15.3. The molecule has 0 aliphatic carbocycles. The standard InChI is InChI=1S/C16H16N4/c1-11-8-9-14(10-18-11)20-16(17)15(12(2)19-20)13-6-4-3-5-7-13/h3-10H,17H2,1-2H3. The molecular weight excluding hydrogens is 248 g/mol. The van der Waals surface area contributed by atoms with E-state index in [1.807, 2.05) is 56.3 Å². The number of hydrogen-bond donors (Lipinski definition) is 1. The van der Waals surface area contributed by atoms with Crippen LogP contribution in [0.1, 0.15) is 11.4 Å². The number of rotatable bonds is 2. The second-order valence-corrected chi connectivity index (χ2v) is 4.78. The molecule has 0 saturated heterocycles. The zero-order valence-electron chi connectivity index (χ0n) is 11.5. The summed E-state index contributed by atoms with van der Waals surface area (Å²) in [5.41, 5.74) is 11.1. The number of nitrogens with two attached hydrogens (primary N) is 1. The summed E-state index contributed by atoms with van der Waals surface area (Å²) in [6, 6.07) is 14.0. The fourth-order valence-electron chi connectivity index (χ4n) is 2.29. The highest BCUT2D eigenvalue weighted by Crippen LogP contribution is 2.30. The van der Waals surface area contributed by atoms with E-state index in [1.54, 1.807) is 10.9 Å². The first kappa shape index (κ1) is 12.4. The maximum atomic E-state index is 6.28. The fourth-order valence-corrected chi connectivity index (χ4v) is 2.29. The van der Waals surface area contributed by atoms with E-state index in [2.05, 4.69) is 10.1 Å². The molecule has 0 aliphatic rings. The normalized spacial score (nSPS) is 10.7. The maximum absolute atomic E-state index is 6.28. The molecule has 3 rings (SSSR count). The van der Waals surface area contributed by atoms with Crippen molar-refractivity contribution in [2.75, 3.05) is 5.73 Å². The second-order valence-electron chi connectivity index (χ2n) is 4.78. The summed E-state index contributed by atoms with van der Waals surface area (Å²) in [5.74, 6) is 0.638. The molecule has 0 fully saturated rings. The average molecular weight is 264 g/mol. The van der Waals surface area contributed by atoms with Gasteiger partial charge >= 0.3 is 0 Å². The van der Waals surface area contributed by atoms with Crippen LogP contribution in [0.2, 0.25) is 0 Å². The van der Waals surface area contributed by atoms with Crippen molar-refractivity contribution in [3.8, 4) is 16.8 Å². The Bertz CT molecular complexity index is 727. The highest BCUT2D eigenvalue weighted by molar-refractivity contribution is 5.77. The summed E-state index contributed by atoms with van der Waals surface area (Å²) in [6.07, 6.45) is 1.78. The first-order chi connectivity index (χ1) is 9.66. The van der Waals surface area contributed by atoms with Crippen LogP contribution in [0, 0.1) is 13.8 Å². The zero-order chi connectivity index (χ0) is 14.1. The SMILES string of the molecule is Cc1ccc(-n2nc(C)c(-c3ccccc3)c2N)cn1. The molecule has 0 saturated carbocycles. The van der Waals surface area contributed by atoms with Gasteiger partial charge in [0.25, 0.3) is 0 Å². The van der Waals surface area contributed by atoms with E-state index in [9.17, 15) is 0 Å². The lowest BCUT2D eigenvalue weighted by Gasteiger charge is -2.05. The number of aromatic nitrogens is 3. The van der Waals surface area contributed by atoms with Gasteiger partial charge < -0.3 is 5.73 Å². The Morgan fingerprint density at radius 1 is 1.00 bits per heavy atom. The minimum Gasteiger partial charge on any atom is -0.383 e. The number of anilines is 1. The van der Waals surface area contributed by atoms with Crippen molar-refractivity contribution in [1.29, 1.82) is 0 Å². The molecule has 2 aromatic heterocycles. The third-order valence-electron chi connectivity index (χ3n) is 3.30. The van der Waals surface area contributed by atoms with Crippen LogP contribution in [0.5, 0.6) is 0 Å². The molecular formula is C16H16N4. The van der Waals surface area contributed by atoms with Gasteiger partial charge in [0.15, 0.2) is 0 Å². The van der Waals surface area contributed by atoms with E-state index in [0.29, 0.717) is 5.82 Å². The molecule has 0 atom stereocenters. The molecule has 4 nitrogen and oxygen atoms in total. The quantitative estimate of drug-likeness (QED) is 0.773. The van der Waals surface area contributed by atoms with Crippen molar-refractivity contribution in [2.45, 2.75) is 13.8 Å². The number of nitrogens with zero attached hydrogens (tertiary/aromatic N) is 3. The van der Waals surface area contributed by atoms with Crippen LogP contribution in [0.15, 0.2) is 48.7 Å². The Hall–Kier alpha value is -2.62. The molecule has 100 valence electrons. The summed E-state index contributed by atoms with van der Waals surface area (Å²) in [7, 11) is 0. The van der Waals surface area contributed by atoms with Crippen molar-refractivity contribution in [2.24, 2.45) is 0 Å². The average Bonchev–Trinajstić information content (AvgIpc) is 2.76. The minimum absolute atomic E-state index is 0.638. The topological polar surface area (TPSA) is 56.7 Å². The Labute approximate surface area is 117 Å². The third kappa shape index (κ3) is 2.05. The summed E-state index contributed by atoms with van der Waals surface area (Å²) >= 11 is 0. The molecule has 4 heteroatoms. The van der Waals surface area contributed by atoms with Gasteiger partial charge in [0.1, 0.15) is 5.82 Å². The van der Waals surface area contributed by atoms with E-state index >= 15 is 0 Å². The first-order valence-corrected chi connectivity index (χ1v) is 6.50. The molecule has 2 heterocycles. The molecule has 0 aliphatic heterocycles. The van der Waals surface area contributed by atoms with Crippen LogP contribution in [-0.2, 0) is 0 Å². The summed E-state index contributed by atoms with van der Waals surface area (Å²) in [4.78, 5) is 4.29. The van der Waals surface area contributed by atoms with Gasteiger partial charge in [-0.1, -0.05) is 30.3 Å². The largest absolute Gasteiger partial charge is 0.383 e. The number of hydrogen-bond acceptors (Lipinski definition) is 3. The van der Waals surface area contributed by atoms with Crippen LogP contribution in [0.3, 0.4) is 0 Å². The number of pyridine rings is 1. The van der Waals surface area contributed by atoms with Crippen molar-refractivity contribution < 1.29 is 0 Å². The van der Waals surface area contributed by atoms with Crippen LogP contribution < -0.4 is 5.73 Å². The van der Waals surface area contributed by atoms with Gasteiger partial charge in [0.2, 0.25) is 0 Å². The Kier molecular flexibility index (Phi) is 2.99. The van der Waals surface area contributed by atoms with Crippen molar-refractivity contribution >= 4 is 5.82 Å². The number of aryl methyl sites for hydroxylation is 2. The molecule has 2 N–H and O–H groups in total. The minimum atomic E-state index is 0.638. The van der Waals surface area contributed by atoms with Crippen molar-refractivity contribution in [3.05, 3.63) is 60.0 Å². The molecule has 0 radical (unpaired) electrons. The smallest absolute Gasteiger partial charge is 0.135 e. The van der Waals surface area contributed by atoms with E-state index in [4.69, 9.17) is 5.73 Å². The lowest BCUT2D eigenvalue weighted by Crippen LogP contribution is -2.03. The second kappa shape index (κ2) is 4.81. The van der Waals surface area contributed by atoms with E-state index in [0.717, 1.165) is 28.2 Å². The van der Waals surface area contributed by atoms with Gasteiger partial charge in [-0.25, -0.2) is 4.68 Å². The zero-order valence-corrected chi connectivity index (χ0v) is 11.5. The van der Waals surface area contributed by atoms with E-state index in [-0.39, 0.29) is 0 Å². The third-order valence-corrected chi connectivity index (χ3v) is 3.30. The predicted octanol–water partition coefficient (Wildman–Crippen LogP) is 3.13. The molecule has 1 aromatic carbocycles. The molecule has 0 unspecified atom stereocenters. The van der Waals surface area contributed by atoms with Crippen LogP contribution in [-0.4, -0.2) is 14.8 Å². The van der Waals surface area contributed by atoms with Gasteiger partial charge in [-0.15, -0.1) is 0 Å². The summed E-state index contributed by atoms with van der Waals surface area (Å²) in [5, 5.41) is 4.54. The molecule has 20 heavy (non-hydrogen) atoms. The first-order valence-electron chi connectivity index (χ1n) is 6.50. The Morgan fingerprint density at radius 3 is 2.40 bits per heavy atom. The fraction of sp³-hybridized carbons (Fsp3) is 0.125. The monoisotopic (exact) mass is 264 g/mol. The van der Waals surface area contributed by atoms with Gasteiger partial charge in [-0.3, -0.25) is 4.98 Å². The summed E-state index contributed by atoms with van der Waals surface area (Å²) < 4.78 is 1.74. The Morgan fingerprint density at radius 2 is 1.75 bits per heavy atom. The molecule has 0 bridgehead atoms. The lowest BCUT2D eigenvalue weighted by atomic mass is 10.1. The van der Waals surface area contributed by atoms with Gasteiger partial charge in [-0.2, -0.15) is 5.10 Å². The maximum Gasteiger partial charge on any atom is 0.135 e. The molecule has 0 spiro atoms. The van der Waals surface area contributed by atoms with Gasteiger partial charge in [0.05, 0.1) is 17.6 Å². The number of nitrogen functional groups attached to an aromatic ring is 1. The van der Waals surface area contributed by atoms with Crippen LogP contribution in [0.4, 0.5) is 5.82 Å². The Balaban J connectivity index is 2.14.